The first-order chi connectivity index (χ1) is 11.8. The minimum Gasteiger partial charge on any atom is -0.487 e. The summed E-state index contributed by atoms with van der Waals surface area (Å²) in [5.41, 5.74) is 5.90. The van der Waals surface area contributed by atoms with Gasteiger partial charge in [-0.15, -0.1) is 0 Å². The van der Waals surface area contributed by atoms with Gasteiger partial charge in [0.05, 0.1) is 16.9 Å². The first-order valence-corrected chi connectivity index (χ1v) is 7.99. The molecule has 0 spiro atoms. The van der Waals surface area contributed by atoms with Crippen molar-refractivity contribution in [3.05, 3.63) is 95.0 Å². The number of halogens is 1. The van der Waals surface area contributed by atoms with Crippen molar-refractivity contribution in [1.29, 1.82) is 0 Å². The molecule has 0 aliphatic rings. The Kier molecular flexibility index (Phi) is 5.48. The molecule has 0 radical (unpaired) electrons. The van der Waals surface area contributed by atoms with Gasteiger partial charge in [0.25, 0.3) is 0 Å². The molecule has 24 heavy (non-hydrogen) atoms. The molecule has 3 rings (SSSR count). The maximum atomic E-state index is 6.28. The third-order valence-corrected chi connectivity index (χ3v) is 3.67. The summed E-state index contributed by atoms with van der Waals surface area (Å²) in [6, 6.07) is 25.4. The van der Waals surface area contributed by atoms with Gasteiger partial charge >= 0.3 is 0 Å². The lowest BCUT2D eigenvalue weighted by Gasteiger charge is -2.08. The fourth-order valence-electron chi connectivity index (χ4n) is 2.14. The number of nitrogens with zero attached hydrogens (tertiary/aromatic N) is 1. The van der Waals surface area contributed by atoms with Crippen LogP contribution in [0.4, 0.5) is 5.69 Å². The van der Waals surface area contributed by atoms with Crippen LogP contribution in [0.5, 0.6) is 5.75 Å². The van der Waals surface area contributed by atoms with Crippen molar-refractivity contribution < 1.29 is 4.74 Å². The van der Waals surface area contributed by atoms with Gasteiger partial charge in [0.2, 0.25) is 0 Å². The molecule has 120 valence electrons. The van der Waals surface area contributed by atoms with Crippen molar-refractivity contribution in [3.8, 4) is 5.75 Å². The van der Waals surface area contributed by atoms with Crippen LogP contribution in [0.25, 0.3) is 0 Å². The molecular weight excluding hydrogens is 320 g/mol. The molecule has 0 unspecified atom stereocenters. The van der Waals surface area contributed by atoms with E-state index >= 15 is 0 Å². The van der Waals surface area contributed by atoms with E-state index in [2.05, 4.69) is 10.5 Å². The molecule has 0 atom stereocenters. The molecule has 0 aliphatic carbocycles. The zero-order valence-electron chi connectivity index (χ0n) is 13.0. The average Bonchev–Trinajstić information content (AvgIpc) is 2.63. The van der Waals surface area contributed by atoms with Crippen molar-refractivity contribution in [2.24, 2.45) is 5.10 Å². The smallest absolute Gasteiger partial charge is 0.138 e. The predicted octanol–water partition coefficient (Wildman–Crippen LogP) is 5.37. The number of hydrogen-bond acceptors (Lipinski definition) is 3. The van der Waals surface area contributed by atoms with Gasteiger partial charge in [-0.25, -0.2) is 0 Å². The molecule has 1 N–H and O–H groups in total. The molecule has 0 heterocycles. The monoisotopic (exact) mass is 336 g/mol. The molecular formula is C20H17ClN2O. The SMILES string of the molecule is Clc1cc(/C=N/Nc2ccccc2)ccc1OCc1ccccc1. The molecule has 0 fully saturated rings. The third-order valence-electron chi connectivity index (χ3n) is 3.37. The summed E-state index contributed by atoms with van der Waals surface area (Å²) in [5.74, 6) is 0.661. The Bertz CT molecular complexity index is 804. The first kappa shape index (κ1) is 16.1. The van der Waals surface area contributed by atoms with Crippen molar-refractivity contribution in [1.82, 2.24) is 0 Å². The minimum absolute atomic E-state index is 0.490. The van der Waals surface area contributed by atoms with Crippen LogP contribution in [0, 0.1) is 0 Å². The van der Waals surface area contributed by atoms with Gasteiger partial charge in [-0.1, -0.05) is 60.1 Å². The van der Waals surface area contributed by atoms with Gasteiger partial charge in [0.1, 0.15) is 12.4 Å². The largest absolute Gasteiger partial charge is 0.487 e. The molecule has 0 saturated carbocycles. The third kappa shape index (κ3) is 4.61. The van der Waals surface area contributed by atoms with E-state index in [-0.39, 0.29) is 0 Å². The molecule has 0 aromatic heterocycles. The van der Waals surface area contributed by atoms with E-state index in [0.29, 0.717) is 17.4 Å². The topological polar surface area (TPSA) is 33.6 Å². The van der Waals surface area contributed by atoms with Crippen LogP contribution in [-0.2, 0) is 6.61 Å². The number of nitrogens with one attached hydrogen (secondary N) is 1. The molecule has 0 aliphatic heterocycles. The predicted molar refractivity (Wildman–Crippen MR) is 99.9 cm³/mol. The second-order valence-electron chi connectivity index (χ2n) is 5.20. The lowest BCUT2D eigenvalue weighted by Crippen LogP contribution is -1.96. The highest BCUT2D eigenvalue weighted by molar-refractivity contribution is 6.32. The number of rotatable bonds is 6. The first-order valence-electron chi connectivity index (χ1n) is 7.62. The standard InChI is InChI=1S/C20H17ClN2O/c21-19-13-17(14-22-23-18-9-5-2-6-10-18)11-12-20(19)24-15-16-7-3-1-4-8-16/h1-14,23H,15H2/b22-14+. The number of benzene rings is 3. The Labute approximate surface area is 146 Å². The zero-order valence-corrected chi connectivity index (χ0v) is 13.8. The van der Waals surface area contributed by atoms with Crippen LogP contribution in [-0.4, -0.2) is 6.21 Å². The summed E-state index contributed by atoms with van der Waals surface area (Å²) in [7, 11) is 0. The van der Waals surface area contributed by atoms with Crippen LogP contribution in [0.15, 0.2) is 84.0 Å². The number of para-hydroxylation sites is 1. The summed E-state index contributed by atoms with van der Waals surface area (Å²) in [4.78, 5) is 0. The fraction of sp³-hybridized carbons (Fsp3) is 0.0500. The van der Waals surface area contributed by atoms with E-state index in [1.165, 1.54) is 0 Å². The van der Waals surface area contributed by atoms with Gasteiger partial charge < -0.3 is 4.74 Å². The normalized spacial score (nSPS) is 10.7. The van der Waals surface area contributed by atoms with Crippen molar-refractivity contribution in [2.45, 2.75) is 6.61 Å². The van der Waals surface area contributed by atoms with Crippen LogP contribution in [0.2, 0.25) is 5.02 Å². The van der Waals surface area contributed by atoms with Crippen LogP contribution < -0.4 is 10.2 Å². The average molecular weight is 337 g/mol. The molecule has 3 nitrogen and oxygen atoms in total. The van der Waals surface area contributed by atoms with E-state index in [1.807, 2.05) is 78.9 Å². The van der Waals surface area contributed by atoms with E-state index in [0.717, 1.165) is 16.8 Å². The van der Waals surface area contributed by atoms with Crippen LogP contribution >= 0.6 is 11.6 Å². The Morgan fingerprint density at radius 1 is 0.917 bits per heavy atom. The molecule has 0 amide bonds. The van der Waals surface area contributed by atoms with Crippen LogP contribution in [0.3, 0.4) is 0 Å². The Morgan fingerprint density at radius 2 is 1.62 bits per heavy atom. The molecule has 3 aromatic carbocycles. The van der Waals surface area contributed by atoms with Gasteiger partial charge in [-0.3, -0.25) is 5.43 Å². The highest BCUT2D eigenvalue weighted by Crippen LogP contribution is 2.25. The second kappa shape index (κ2) is 8.18. The van der Waals surface area contributed by atoms with Gasteiger partial charge in [-0.2, -0.15) is 5.10 Å². The lowest BCUT2D eigenvalue weighted by atomic mass is 10.2. The van der Waals surface area contributed by atoms with Crippen LogP contribution in [0.1, 0.15) is 11.1 Å². The molecule has 4 heteroatoms. The van der Waals surface area contributed by atoms with E-state index in [1.54, 1.807) is 6.21 Å². The van der Waals surface area contributed by atoms with Crippen molar-refractivity contribution in [2.75, 3.05) is 5.43 Å². The zero-order chi connectivity index (χ0) is 16.6. The number of hydrazone groups is 1. The summed E-state index contributed by atoms with van der Waals surface area (Å²) >= 11 is 6.28. The van der Waals surface area contributed by atoms with E-state index in [9.17, 15) is 0 Å². The fourth-order valence-corrected chi connectivity index (χ4v) is 2.39. The quantitative estimate of drug-likeness (QED) is 0.485. The van der Waals surface area contributed by atoms with Gasteiger partial charge in [-0.05, 0) is 41.5 Å². The van der Waals surface area contributed by atoms with E-state index in [4.69, 9.17) is 16.3 Å². The van der Waals surface area contributed by atoms with Gasteiger partial charge in [0.15, 0.2) is 0 Å². The van der Waals surface area contributed by atoms with E-state index < -0.39 is 0 Å². The summed E-state index contributed by atoms with van der Waals surface area (Å²) in [5, 5.41) is 4.77. The molecule has 0 saturated heterocycles. The Morgan fingerprint density at radius 3 is 2.33 bits per heavy atom. The lowest BCUT2D eigenvalue weighted by molar-refractivity contribution is 0.306. The summed E-state index contributed by atoms with van der Waals surface area (Å²) in [6.07, 6.45) is 1.72. The highest BCUT2D eigenvalue weighted by Gasteiger charge is 2.03. The number of hydrogen-bond donors (Lipinski definition) is 1. The second-order valence-corrected chi connectivity index (χ2v) is 5.61. The van der Waals surface area contributed by atoms with Gasteiger partial charge in [0, 0.05) is 0 Å². The maximum Gasteiger partial charge on any atom is 0.138 e. The maximum absolute atomic E-state index is 6.28. The van der Waals surface area contributed by atoms with Crippen molar-refractivity contribution >= 4 is 23.5 Å². The summed E-state index contributed by atoms with van der Waals surface area (Å²) < 4.78 is 5.76. The highest BCUT2D eigenvalue weighted by atomic mass is 35.5. The minimum atomic E-state index is 0.490. The number of ether oxygens (including phenoxy) is 1. The number of anilines is 1. The molecule has 3 aromatic rings. The Balaban J connectivity index is 1.60. The summed E-state index contributed by atoms with van der Waals surface area (Å²) in [6.45, 7) is 0.490. The molecule has 0 bridgehead atoms. The Hall–Kier alpha value is -2.78. The van der Waals surface area contributed by atoms with Crippen molar-refractivity contribution in [3.63, 3.8) is 0 Å².